The lowest BCUT2D eigenvalue weighted by Crippen LogP contribution is -2.40. The molecule has 0 spiro atoms. The van der Waals surface area contributed by atoms with Gasteiger partial charge >= 0.3 is 0 Å². The van der Waals surface area contributed by atoms with E-state index in [9.17, 15) is 9.59 Å². The smallest absolute Gasteiger partial charge is 0.251 e. The molecule has 0 aliphatic carbocycles. The lowest BCUT2D eigenvalue weighted by molar-refractivity contribution is -0.120. The Hall–Kier alpha value is -2.86. The molecule has 0 fully saturated rings. The zero-order valence-electron chi connectivity index (χ0n) is 17.2. The highest BCUT2D eigenvalue weighted by molar-refractivity contribution is 5.96. The van der Waals surface area contributed by atoms with Crippen LogP contribution < -0.4 is 15.4 Å². The predicted octanol–water partition coefficient (Wildman–Crippen LogP) is 2.46. The van der Waals surface area contributed by atoms with E-state index in [1.165, 1.54) is 0 Å². The van der Waals surface area contributed by atoms with Crippen molar-refractivity contribution < 1.29 is 14.3 Å². The van der Waals surface area contributed by atoms with Crippen LogP contribution >= 0.6 is 0 Å². The summed E-state index contributed by atoms with van der Waals surface area (Å²) in [4.78, 5) is 26.5. The zero-order valence-corrected chi connectivity index (χ0v) is 17.2. The van der Waals surface area contributed by atoms with E-state index in [0.717, 1.165) is 22.4 Å². The molecule has 2 amide bonds. The van der Waals surface area contributed by atoms with Crippen molar-refractivity contribution in [1.29, 1.82) is 0 Å². The van der Waals surface area contributed by atoms with E-state index in [0.29, 0.717) is 12.1 Å². The van der Waals surface area contributed by atoms with Crippen molar-refractivity contribution in [3.05, 3.63) is 64.7 Å². The van der Waals surface area contributed by atoms with Gasteiger partial charge in [0.15, 0.2) is 0 Å². The van der Waals surface area contributed by atoms with Gasteiger partial charge in [-0.15, -0.1) is 0 Å². The Morgan fingerprint density at radius 2 is 1.79 bits per heavy atom. The van der Waals surface area contributed by atoms with Crippen molar-refractivity contribution in [3.63, 3.8) is 0 Å². The molecule has 2 rings (SSSR count). The summed E-state index contributed by atoms with van der Waals surface area (Å²) in [5, 5.41) is 5.56. The number of methoxy groups -OCH3 is 1. The molecule has 0 aromatic heterocycles. The van der Waals surface area contributed by atoms with Gasteiger partial charge in [-0.3, -0.25) is 9.59 Å². The van der Waals surface area contributed by atoms with E-state index in [4.69, 9.17) is 4.74 Å². The number of amides is 2. The molecule has 0 saturated carbocycles. The molecule has 0 saturated heterocycles. The van der Waals surface area contributed by atoms with Crippen LogP contribution in [0.25, 0.3) is 0 Å². The first-order valence-corrected chi connectivity index (χ1v) is 9.24. The van der Waals surface area contributed by atoms with E-state index in [1.807, 2.05) is 69.2 Å². The normalized spacial score (nSPS) is 11.8. The summed E-state index contributed by atoms with van der Waals surface area (Å²) < 4.78 is 5.28. The number of likely N-dealkylation sites (N-methyl/N-ethyl adjacent to an activating group) is 1. The summed E-state index contributed by atoms with van der Waals surface area (Å²) >= 11 is 0. The van der Waals surface area contributed by atoms with Crippen LogP contribution in [0, 0.1) is 13.8 Å². The van der Waals surface area contributed by atoms with Gasteiger partial charge < -0.3 is 20.3 Å². The van der Waals surface area contributed by atoms with Crippen molar-refractivity contribution in [1.82, 2.24) is 15.5 Å². The monoisotopic (exact) mass is 383 g/mol. The summed E-state index contributed by atoms with van der Waals surface area (Å²) in [6.45, 7) is 4.31. The molecule has 28 heavy (non-hydrogen) atoms. The lowest BCUT2D eigenvalue weighted by Gasteiger charge is -2.25. The number of carbonyl (C=O) groups is 2. The molecule has 2 aromatic rings. The number of hydrogen-bond donors (Lipinski definition) is 2. The fourth-order valence-electron chi connectivity index (χ4n) is 2.87. The van der Waals surface area contributed by atoms with Gasteiger partial charge in [0.2, 0.25) is 5.91 Å². The van der Waals surface area contributed by atoms with Crippen molar-refractivity contribution in [3.8, 4) is 5.75 Å². The summed E-state index contributed by atoms with van der Waals surface area (Å²) in [7, 11) is 5.54. The number of aryl methyl sites for hydroxylation is 2. The summed E-state index contributed by atoms with van der Waals surface area (Å²) in [6, 6.07) is 13.3. The Bertz CT molecular complexity index is 834. The third kappa shape index (κ3) is 5.82. The van der Waals surface area contributed by atoms with Crippen molar-refractivity contribution in [2.24, 2.45) is 0 Å². The maximum absolute atomic E-state index is 12.2. The fraction of sp³-hybridized carbons (Fsp3) is 0.364. The van der Waals surface area contributed by atoms with E-state index >= 15 is 0 Å². The minimum atomic E-state index is -0.254. The number of rotatable bonds is 8. The van der Waals surface area contributed by atoms with Gasteiger partial charge in [0, 0.05) is 12.1 Å². The van der Waals surface area contributed by atoms with E-state index in [1.54, 1.807) is 13.2 Å². The first kappa shape index (κ1) is 21.4. The second-order valence-electron chi connectivity index (χ2n) is 7.04. The summed E-state index contributed by atoms with van der Waals surface area (Å²) in [6.07, 6.45) is 0. The largest absolute Gasteiger partial charge is 0.497 e. The average molecular weight is 383 g/mol. The molecule has 0 radical (unpaired) electrons. The van der Waals surface area contributed by atoms with Crippen LogP contribution in [0.1, 0.15) is 33.1 Å². The van der Waals surface area contributed by atoms with Crippen LogP contribution in [0.4, 0.5) is 0 Å². The molecular formula is C22H29N3O3. The second kappa shape index (κ2) is 9.90. The van der Waals surface area contributed by atoms with Crippen LogP contribution in [-0.2, 0) is 4.79 Å². The molecule has 150 valence electrons. The molecule has 6 nitrogen and oxygen atoms in total. The highest BCUT2D eigenvalue weighted by Crippen LogP contribution is 2.22. The third-order valence-corrected chi connectivity index (χ3v) is 4.77. The SMILES string of the molecule is COc1cccc(C(CNC(=O)CNC(=O)c2ccc(C)c(C)c2)N(C)C)c1. The number of ether oxygens (including phenoxy) is 1. The van der Waals surface area contributed by atoms with Gasteiger partial charge in [-0.05, 0) is 68.9 Å². The number of nitrogens with one attached hydrogen (secondary N) is 2. The molecule has 0 bridgehead atoms. The van der Waals surface area contributed by atoms with Gasteiger partial charge in [0.25, 0.3) is 5.91 Å². The van der Waals surface area contributed by atoms with Crippen LogP contribution in [0.5, 0.6) is 5.75 Å². The van der Waals surface area contributed by atoms with Gasteiger partial charge in [-0.1, -0.05) is 18.2 Å². The molecule has 0 heterocycles. The Labute approximate surface area is 166 Å². The zero-order chi connectivity index (χ0) is 20.7. The molecule has 2 aromatic carbocycles. The average Bonchev–Trinajstić information content (AvgIpc) is 2.68. The van der Waals surface area contributed by atoms with Crippen LogP contribution in [-0.4, -0.2) is 51.0 Å². The van der Waals surface area contributed by atoms with E-state index in [-0.39, 0.29) is 24.4 Å². The molecule has 2 N–H and O–H groups in total. The lowest BCUT2D eigenvalue weighted by atomic mass is 10.1. The number of carbonyl (C=O) groups excluding carboxylic acids is 2. The Morgan fingerprint density at radius 1 is 1.04 bits per heavy atom. The molecule has 0 aliphatic rings. The highest BCUT2D eigenvalue weighted by Gasteiger charge is 2.16. The molecular weight excluding hydrogens is 354 g/mol. The number of hydrogen-bond acceptors (Lipinski definition) is 4. The van der Waals surface area contributed by atoms with Crippen LogP contribution in [0.2, 0.25) is 0 Å². The minimum absolute atomic E-state index is 0.00509. The Balaban J connectivity index is 1.90. The Kier molecular flexibility index (Phi) is 7.58. The minimum Gasteiger partial charge on any atom is -0.497 e. The van der Waals surface area contributed by atoms with E-state index in [2.05, 4.69) is 10.6 Å². The van der Waals surface area contributed by atoms with E-state index < -0.39 is 0 Å². The van der Waals surface area contributed by atoms with Gasteiger partial charge in [0.05, 0.1) is 19.7 Å². The van der Waals surface area contributed by atoms with Gasteiger partial charge in [-0.25, -0.2) is 0 Å². The predicted molar refractivity (Wildman–Crippen MR) is 111 cm³/mol. The van der Waals surface area contributed by atoms with Gasteiger partial charge in [-0.2, -0.15) is 0 Å². The van der Waals surface area contributed by atoms with Crippen LogP contribution in [0.15, 0.2) is 42.5 Å². The highest BCUT2D eigenvalue weighted by atomic mass is 16.5. The first-order chi connectivity index (χ1) is 13.3. The van der Waals surface area contributed by atoms with Crippen molar-refractivity contribution >= 4 is 11.8 Å². The first-order valence-electron chi connectivity index (χ1n) is 9.24. The molecule has 0 aliphatic heterocycles. The van der Waals surface area contributed by atoms with Crippen molar-refractivity contribution in [2.45, 2.75) is 19.9 Å². The maximum Gasteiger partial charge on any atom is 0.251 e. The number of benzene rings is 2. The summed E-state index contributed by atoms with van der Waals surface area (Å²) in [5.74, 6) is 0.290. The molecule has 6 heteroatoms. The second-order valence-corrected chi connectivity index (χ2v) is 7.04. The topological polar surface area (TPSA) is 70.7 Å². The molecule has 1 atom stereocenters. The quantitative estimate of drug-likeness (QED) is 0.735. The van der Waals surface area contributed by atoms with Crippen molar-refractivity contribution in [2.75, 3.05) is 34.3 Å². The van der Waals surface area contributed by atoms with Gasteiger partial charge in [0.1, 0.15) is 5.75 Å². The third-order valence-electron chi connectivity index (χ3n) is 4.77. The summed E-state index contributed by atoms with van der Waals surface area (Å²) in [5.41, 5.74) is 3.77. The standard InChI is InChI=1S/C22H29N3O3/c1-15-9-10-18(11-16(15)2)22(27)24-14-21(26)23-13-20(25(3)4)17-7-6-8-19(12-17)28-5/h6-12,20H,13-14H2,1-5H3,(H,23,26)(H,24,27). The fourth-order valence-corrected chi connectivity index (χ4v) is 2.87. The van der Waals surface area contributed by atoms with Crippen LogP contribution in [0.3, 0.4) is 0 Å². The molecule has 1 unspecified atom stereocenters. The Morgan fingerprint density at radius 3 is 2.43 bits per heavy atom. The number of nitrogens with zero attached hydrogens (tertiary/aromatic N) is 1. The maximum atomic E-state index is 12.2.